The maximum atomic E-state index is 13.1. The van der Waals surface area contributed by atoms with Crippen LogP contribution in [0.2, 0.25) is 0 Å². The van der Waals surface area contributed by atoms with Gasteiger partial charge in [-0.25, -0.2) is 4.98 Å². The highest BCUT2D eigenvalue weighted by Gasteiger charge is 2.54. The molecule has 3 atom stereocenters. The zero-order valence-corrected chi connectivity index (χ0v) is 16.7. The maximum Gasteiger partial charge on any atom is 0.223 e. The third kappa shape index (κ3) is 2.74. The Kier molecular flexibility index (Phi) is 4.00. The highest BCUT2D eigenvalue weighted by atomic mass is 35.5. The van der Waals surface area contributed by atoms with Gasteiger partial charge in [-0.05, 0) is 50.9 Å². The average Bonchev–Trinajstić information content (AvgIpc) is 2.98. The van der Waals surface area contributed by atoms with Crippen LogP contribution >= 0.6 is 22.9 Å². The highest BCUT2D eigenvalue weighted by Crippen LogP contribution is 2.51. The molecule has 2 saturated carbocycles. The van der Waals surface area contributed by atoms with Gasteiger partial charge in [-0.1, -0.05) is 24.6 Å². The molecule has 26 heavy (non-hydrogen) atoms. The van der Waals surface area contributed by atoms with Crippen molar-refractivity contribution in [3.05, 3.63) is 14.9 Å². The van der Waals surface area contributed by atoms with Crippen molar-refractivity contribution in [2.75, 3.05) is 0 Å². The van der Waals surface area contributed by atoms with Crippen molar-refractivity contribution >= 4 is 40.0 Å². The van der Waals surface area contributed by atoms with Gasteiger partial charge in [0.05, 0.1) is 20.5 Å². The van der Waals surface area contributed by atoms with Gasteiger partial charge in [0.25, 0.3) is 0 Å². The van der Waals surface area contributed by atoms with Gasteiger partial charge in [-0.15, -0.1) is 11.3 Å². The van der Waals surface area contributed by atoms with Crippen LogP contribution in [0.25, 0.3) is 11.1 Å². The minimum Gasteiger partial charge on any atom is -0.390 e. The van der Waals surface area contributed by atoms with Crippen molar-refractivity contribution in [2.24, 2.45) is 5.92 Å². The summed E-state index contributed by atoms with van der Waals surface area (Å²) in [5.41, 5.74) is -0.504. The number of nitrogens with zero attached hydrogens (tertiary/aromatic N) is 2. The van der Waals surface area contributed by atoms with E-state index >= 15 is 0 Å². The number of carbonyl (C=O) groups is 1. The molecule has 2 saturated heterocycles. The summed E-state index contributed by atoms with van der Waals surface area (Å²) in [5, 5.41) is 13.5. The Morgan fingerprint density at radius 1 is 1.42 bits per heavy atom. The number of hydrogen-bond acceptors (Lipinski definition) is 4. The number of amides is 1. The molecular formula is C20H25ClN2O2S. The lowest BCUT2D eigenvalue weighted by molar-refractivity contribution is -0.174. The smallest absolute Gasteiger partial charge is 0.223 e. The van der Waals surface area contributed by atoms with E-state index in [0.717, 1.165) is 64.9 Å². The quantitative estimate of drug-likeness (QED) is 0.859. The van der Waals surface area contributed by atoms with Gasteiger partial charge in [-0.3, -0.25) is 4.79 Å². The number of thiazole rings is 1. The van der Waals surface area contributed by atoms with Gasteiger partial charge in [0.2, 0.25) is 5.91 Å². The van der Waals surface area contributed by atoms with Crippen LogP contribution in [-0.2, 0) is 4.79 Å². The van der Waals surface area contributed by atoms with E-state index in [0.29, 0.717) is 12.3 Å². The van der Waals surface area contributed by atoms with Gasteiger partial charge >= 0.3 is 0 Å². The second kappa shape index (κ2) is 6.05. The number of aliphatic hydroxyl groups is 1. The molecule has 4 nitrogen and oxygen atoms in total. The lowest BCUT2D eigenvalue weighted by Crippen LogP contribution is -2.65. The van der Waals surface area contributed by atoms with E-state index < -0.39 is 5.60 Å². The molecule has 3 heterocycles. The van der Waals surface area contributed by atoms with Crippen LogP contribution in [-0.4, -0.2) is 38.6 Å². The predicted octanol–water partition coefficient (Wildman–Crippen LogP) is 2.46. The average molecular weight is 393 g/mol. The van der Waals surface area contributed by atoms with E-state index in [2.05, 4.69) is 17.9 Å². The summed E-state index contributed by atoms with van der Waals surface area (Å²) in [5.74, 6) is 0.955. The number of rotatable bonds is 3. The van der Waals surface area contributed by atoms with Crippen LogP contribution in [0.3, 0.4) is 0 Å². The zero-order valence-electron chi connectivity index (χ0n) is 15.1. The fourth-order valence-corrected chi connectivity index (χ4v) is 7.21. The van der Waals surface area contributed by atoms with Crippen LogP contribution in [0, 0.1) is 5.92 Å². The van der Waals surface area contributed by atoms with Crippen LogP contribution in [0.1, 0.15) is 69.2 Å². The zero-order chi connectivity index (χ0) is 18.1. The summed E-state index contributed by atoms with van der Waals surface area (Å²) in [6.45, 7) is 2.10. The molecule has 140 valence electrons. The highest BCUT2D eigenvalue weighted by molar-refractivity contribution is 7.09. The van der Waals surface area contributed by atoms with Gasteiger partial charge in [0, 0.05) is 29.5 Å². The van der Waals surface area contributed by atoms with Crippen LogP contribution in [0.5, 0.6) is 0 Å². The van der Waals surface area contributed by atoms with Crippen LogP contribution in [0.4, 0.5) is 0 Å². The second-order valence-corrected chi connectivity index (χ2v) is 10.3. The number of piperidine rings is 2. The van der Waals surface area contributed by atoms with Gasteiger partial charge < -0.3 is 10.0 Å². The van der Waals surface area contributed by atoms with Crippen LogP contribution < -0.4 is 9.88 Å². The van der Waals surface area contributed by atoms with Crippen LogP contribution in [0.15, 0.2) is 0 Å². The van der Waals surface area contributed by atoms with E-state index in [9.17, 15) is 9.90 Å². The lowest BCUT2D eigenvalue weighted by atomic mass is 9.61. The molecule has 1 aromatic heterocycles. The van der Waals surface area contributed by atoms with E-state index in [1.807, 2.05) is 0 Å². The van der Waals surface area contributed by atoms with Crippen molar-refractivity contribution < 1.29 is 9.90 Å². The fourth-order valence-electron chi connectivity index (χ4n) is 5.79. The molecule has 6 rings (SSSR count). The Morgan fingerprint density at radius 3 is 2.81 bits per heavy atom. The molecule has 3 aliphatic carbocycles. The molecule has 3 unspecified atom stereocenters. The molecule has 1 aromatic rings. The van der Waals surface area contributed by atoms with E-state index in [4.69, 9.17) is 16.6 Å². The Labute approximate surface area is 162 Å². The molecule has 1 N–H and O–H groups in total. The molecule has 2 aliphatic heterocycles. The van der Waals surface area contributed by atoms with Crippen molar-refractivity contribution in [3.8, 4) is 0 Å². The lowest BCUT2D eigenvalue weighted by Gasteiger charge is -2.59. The summed E-state index contributed by atoms with van der Waals surface area (Å²) in [6, 6.07) is 0.484. The Hall–Kier alpha value is -0.910. The van der Waals surface area contributed by atoms with Gasteiger partial charge in [-0.2, -0.15) is 0 Å². The first-order chi connectivity index (χ1) is 12.4. The van der Waals surface area contributed by atoms with E-state index in [-0.39, 0.29) is 23.9 Å². The summed E-state index contributed by atoms with van der Waals surface area (Å²) < 4.78 is 1.16. The molecule has 1 amide bonds. The number of aromatic nitrogens is 1. The SMILES string of the molecule is CC(CC(=O)N1C2CC3CC1CC(O)(C3)C2)c1nc2c(s1)=CCCC=2Cl. The fraction of sp³-hybridized carbons (Fsp3) is 0.700. The first kappa shape index (κ1) is 17.2. The first-order valence-electron chi connectivity index (χ1n) is 9.81. The second-order valence-electron chi connectivity index (χ2n) is 8.80. The molecule has 4 bridgehead atoms. The molecule has 5 aliphatic rings. The summed E-state index contributed by atoms with van der Waals surface area (Å²) in [6.07, 6.45) is 9.18. The largest absolute Gasteiger partial charge is 0.390 e. The molecular weight excluding hydrogens is 368 g/mol. The maximum absolute atomic E-state index is 13.1. The Bertz CT molecular complexity index is 863. The summed E-state index contributed by atoms with van der Waals surface area (Å²) in [7, 11) is 0. The predicted molar refractivity (Wildman–Crippen MR) is 103 cm³/mol. The number of carbonyl (C=O) groups excluding carboxylic acids is 1. The topological polar surface area (TPSA) is 53.4 Å². The molecule has 0 radical (unpaired) electrons. The van der Waals surface area contributed by atoms with E-state index in [1.165, 1.54) is 0 Å². The molecule has 0 spiro atoms. The monoisotopic (exact) mass is 392 g/mol. The summed E-state index contributed by atoms with van der Waals surface area (Å²) >= 11 is 8.01. The minimum atomic E-state index is -0.504. The van der Waals surface area contributed by atoms with Crippen molar-refractivity contribution in [1.29, 1.82) is 0 Å². The minimum absolute atomic E-state index is 0.108. The van der Waals surface area contributed by atoms with Crippen molar-refractivity contribution in [3.63, 3.8) is 0 Å². The normalized spacial score (nSPS) is 36.0. The summed E-state index contributed by atoms with van der Waals surface area (Å²) in [4.78, 5) is 20.0. The molecule has 6 heteroatoms. The number of halogens is 1. The third-order valence-electron chi connectivity index (χ3n) is 6.71. The van der Waals surface area contributed by atoms with E-state index in [1.54, 1.807) is 11.3 Å². The third-order valence-corrected chi connectivity index (χ3v) is 8.36. The van der Waals surface area contributed by atoms with Gasteiger partial charge in [0.15, 0.2) is 0 Å². The van der Waals surface area contributed by atoms with Crippen molar-refractivity contribution in [1.82, 2.24) is 9.88 Å². The Morgan fingerprint density at radius 2 is 2.15 bits per heavy atom. The number of hydrogen-bond donors (Lipinski definition) is 1. The molecule has 4 fully saturated rings. The first-order valence-corrected chi connectivity index (χ1v) is 11.0. The standard InChI is InChI=1S/C20H25ClN2O2S/c1-11(19-22-18-15(21)3-2-4-16(18)26-19)5-17(24)23-13-6-12-7-14(23)10-20(25,8-12)9-13/h4,11-14,25H,2-3,5-10H2,1H3. The molecule has 0 aromatic carbocycles. The Balaban J connectivity index is 1.34. The van der Waals surface area contributed by atoms with Crippen molar-refractivity contribution in [2.45, 2.75) is 81.9 Å². The number of fused-ring (bicyclic) bond motifs is 1. The van der Waals surface area contributed by atoms with Gasteiger partial charge in [0.1, 0.15) is 0 Å².